The number of nitrogens with zero attached hydrogens (tertiary/aromatic N) is 1. The highest BCUT2D eigenvalue weighted by Gasteiger charge is 2.03. The molecule has 0 spiro atoms. The van der Waals surface area contributed by atoms with Gasteiger partial charge in [0.05, 0.1) is 4.47 Å². The molecule has 0 unspecified atom stereocenters. The lowest BCUT2D eigenvalue weighted by Crippen LogP contribution is -2.18. The number of aromatic nitrogens is 1. The maximum absolute atomic E-state index is 5.73. The van der Waals surface area contributed by atoms with Crippen molar-refractivity contribution in [2.45, 2.75) is 20.4 Å². The Labute approximate surface area is 128 Å². The maximum Gasteiger partial charge on any atom is 0.219 e. The van der Waals surface area contributed by atoms with Gasteiger partial charge in [0.2, 0.25) is 5.88 Å². The summed E-state index contributed by atoms with van der Waals surface area (Å²) >= 11 is 3.45. The van der Waals surface area contributed by atoms with Gasteiger partial charge in [0.1, 0.15) is 5.75 Å². The fourth-order valence-corrected chi connectivity index (χ4v) is 2.09. The van der Waals surface area contributed by atoms with Gasteiger partial charge in [0.25, 0.3) is 0 Å². The largest absolute Gasteiger partial charge is 0.438 e. The Morgan fingerprint density at radius 2 is 2.00 bits per heavy atom. The van der Waals surface area contributed by atoms with Crippen LogP contribution in [0.1, 0.15) is 19.4 Å². The van der Waals surface area contributed by atoms with Gasteiger partial charge in [-0.1, -0.05) is 32.0 Å². The van der Waals surface area contributed by atoms with E-state index in [1.807, 2.05) is 42.6 Å². The van der Waals surface area contributed by atoms with E-state index in [2.05, 4.69) is 40.1 Å². The number of para-hydroxylation sites is 1. The molecular formula is C16H19BrN2O. The molecule has 0 fully saturated rings. The molecule has 0 aliphatic heterocycles. The summed E-state index contributed by atoms with van der Waals surface area (Å²) in [5, 5.41) is 3.39. The lowest BCUT2D eigenvalue weighted by atomic mass is 10.2. The van der Waals surface area contributed by atoms with Gasteiger partial charge in [-0.05, 0) is 46.1 Å². The monoisotopic (exact) mass is 334 g/mol. The van der Waals surface area contributed by atoms with Crippen LogP contribution < -0.4 is 10.1 Å². The zero-order valence-electron chi connectivity index (χ0n) is 11.8. The first-order valence-electron chi connectivity index (χ1n) is 6.73. The van der Waals surface area contributed by atoms with E-state index in [4.69, 9.17) is 4.74 Å². The van der Waals surface area contributed by atoms with Gasteiger partial charge in [0.15, 0.2) is 0 Å². The predicted molar refractivity (Wildman–Crippen MR) is 85.0 cm³/mol. The Morgan fingerprint density at radius 1 is 1.20 bits per heavy atom. The van der Waals surface area contributed by atoms with Crippen LogP contribution in [0.2, 0.25) is 0 Å². The van der Waals surface area contributed by atoms with Crippen LogP contribution in [0.5, 0.6) is 11.6 Å². The average molecular weight is 335 g/mol. The average Bonchev–Trinajstić information content (AvgIpc) is 2.43. The summed E-state index contributed by atoms with van der Waals surface area (Å²) in [6, 6.07) is 11.7. The smallest absolute Gasteiger partial charge is 0.219 e. The lowest BCUT2D eigenvalue weighted by Gasteiger charge is -2.09. The first kappa shape index (κ1) is 15.0. The number of nitrogens with one attached hydrogen (secondary N) is 1. The third-order valence-corrected chi connectivity index (χ3v) is 3.39. The minimum atomic E-state index is 0.601. The van der Waals surface area contributed by atoms with Crippen LogP contribution in [0.15, 0.2) is 47.1 Å². The SMILES string of the molecule is CC(C)CNCc1ccc(Oc2ccccc2Br)nc1. The lowest BCUT2D eigenvalue weighted by molar-refractivity contribution is 0.459. The molecule has 0 aliphatic carbocycles. The molecule has 0 amide bonds. The van der Waals surface area contributed by atoms with Crippen LogP contribution in [0.3, 0.4) is 0 Å². The third-order valence-electron chi connectivity index (χ3n) is 2.73. The number of ether oxygens (including phenoxy) is 1. The Hall–Kier alpha value is -1.39. The fourth-order valence-electron chi connectivity index (χ4n) is 1.72. The highest BCUT2D eigenvalue weighted by molar-refractivity contribution is 9.10. The van der Waals surface area contributed by atoms with Gasteiger partial charge >= 0.3 is 0 Å². The van der Waals surface area contributed by atoms with Crippen molar-refractivity contribution in [3.8, 4) is 11.6 Å². The molecule has 0 radical (unpaired) electrons. The second-order valence-electron chi connectivity index (χ2n) is 5.06. The van der Waals surface area contributed by atoms with E-state index in [-0.39, 0.29) is 0 Å². The van der Waals surface area contributed by atoms with Crippen molar-refractivity contribution in [1.82, 2.24) is 10.3 Å². The molecule has 20 heavy (non-hydrogen) atoms. The van der Waals surface area contributed by atoms with Gasteiger partial charge in [-0.2, -0.15) is 0 Å². The molecule has 0 atom stereocenters. The van der Waals surface area contributed by atoms with Gasteiger partial charge in [-0.3, -0.25) is 0 Å². The predicted octanol–water partition coefficient (Wildman–Crippen LogP) is 4.38. The van der Waals surface area contributed by atoms with Crippen molar-refractivity contribution in [2.24, 2.45) is 5.92 Å². The molecule has 0 aliphatic rings. The zero-order valence-corrected chi connectivity index (χ0v) is 13.4. The second-order valence-corrected chi connectivity index (χ2v) is 5.92. The van der Waals surface area contributed by atoms with Gasteiger partial charge in [0, 0.05) is 18.8 Å². The molecule has 0 saturated carbocycles. The summed E-state index contributed by atoms with van der Waals surface area (Å²) in [5.41, 5.74) is 1.16. The molecular weight excluding hydrogens is 316 g/mol. The van der Waals surface area contributed by atoms with Gasteiger partial charge in [-0.25, -0.2) is 4.98 Å². The first-order chi connectivity index (χ1) is 9.65. The van der Waals surface area contributed by atoms with E-state index in [1.54, 1.807) is 0 Å². The molecule has 1 aromatic heterocycles. The number of pyridine rings is 1. The zero-order chi connectivity index (χ0) is 14.4. The quantitative estimate of drug-likeness (QED) is 0.851. The Morgan fingerprint density at radius 3 is 2.65 bits per heavy atom. The van der Waals surface area contributed by atoms with Crippen molar-refractivity contribution in [3.63, 3.8) is 0 Å². The molecule has 106 valence electrons. The minimum Gasteiger partial charge on any atom is -0.438 e. The van der Waals surface area contributed by atoms with E-state index in [1.165, 1.54) is 0 Å². The van der Waals surface area contributed by atoms with Crippen LogP contribution in [0.25, 0.3) is 0 Å². The van der Waals surface area contributed by atoms with Gasteiger partial charge < -0.3 is 10.1 Å². The number of hydrogen-bond acceptors (Lipinski definition) is 3. The molecule has 0 bridgehead atoms. The third kappa shape index (κ3) is 4.62. The number of halogens is 1. The molecule has 1 aromatic carbocycles. The molecule has 1 N–H and O–H groups in total. The first-order valence-corrected chi connectivity index (χ1v) is 7.52. The van der Waals surface area contributed by atoms with Crippen LogP contribution in [0.4, 0.5) is 0 Å². The molecule has 2 rings (SSSR count). The standard InChI is InChI=1S/C16H19BrN2O/c1-12(2)9-18-10-13-7-8-16(19-11-13)20-15-6-4-3-5-14(15)17/h3-8,11-12,18H,9-10H2,1-2H3. The van der Waals surface area contributed by atoms with Crippen molar-refractivity contribution in [3.05, 3.63) is 52.6 Å². The van der Waals surface area contributed by atoms with Crippen molar-refractivity contribution in [1.29, 1.82) is 0 Å². The van der Waals surface area contributed by atoms with E-state index in [0.29, 0.717) is 11.8 Å². The summed E-state index contributed by atoms with van der Waals surface area (Å²) in [4.78, 5) is 4.33. The molecule has 1 heterocycles. The van der Waals surface area contributed by atoms with E-state index in [9.17, 15) is 0 Å². The number of benzene rings is 1. The summed E-state index contributed by atoms with van der Waals surface area (Å²) < 4.78 is 6.65. The second kappa shape index (κ2) is 7.41. The fraction of sp³-hybridized carbons (Fsp3) is 0.312. The Bertz CT molecular complexity index is 540. The van der Waals surface area contributed by atoms with Crippen molar-refractivity contribution < 1.29 is 4.74 Å². The maximum atomic E-state index is 5.73. The van der Waals surface area contributed by atoms with E-state index in [0.717, 1.165) is 28.9 Å². The molecule has 3 nitrogen and oxygen atoms in total. The number of hydrogen-bond donors (Lipinski definition) is 1. The number of rotatable bonds is 6. The van der Waals surface area contributed by atoms with E-state index < -0.39 is 0 Å². The molecule has 2 aromatic rings. The van der Waals surface area contributed by atoms with Gasteiger partial charge in [-0.15, -0.1) is 0 Å². The Kier molecular flexibility index (Phi) is 5.56. The summed E-state index contributed by atoms with van der Waals surface area (Å²) in [5.74, 6) is 2.02. The van der Waals surface area contributed by atoms with Crippen LogP contribution in [-0.2, 0) is 6.54 Å². The summed E-state index contributed by atoms with van der Waals surface area (Å²) in [6.45, 7) is 6.23. The normalized spacial score (nSPS) is 10.8. The van der Waals surface area contributed by atoms with Crippen LogP contribution in [0, 0.1) is 5.92 Å². The van der Waals surface area contributed by atoms with Crippen LogP contribution >= 0.6 is 15.9 Å². The minimum absolute atomic E-state index is 0.601. The summed E-state index contributed by atoms with van der Waals surface area (Å²) in [7, 11) is 0. The molecule has 4 heteroatoms. The molecule has 0 saturated heterocycles. The highest BCUT2D eigenvalue weighted by atomic mass is 79.9. The van der Waals surface area contributed by atoms with Crippen molar-refractivity contribution in [2.75, 3.05) is 6.54 Å². The van der Waals surface area contributed by atoms with E-state index >= 15 is 0 Å². The van der Waals surface area contributed by atoms with Crippen molar-refractivity contribution >= 4 is 15.9 Å². The Balaban J connectivity index is 1.93. The summed E-state index contributed by atoms with van der Waals surface area (Å²) in [6.07, 6.45) is 1.85. The highest BCUT2D eigenvalue weighted by Crippen LogP contribution is 2.27. The van der Waals surface area contributed by atoms with Crippen LogP contribution in [-0.4, -0.2) is 11.5 Å². The topological polar surface area (TPSA) is 34.1 Å².